The number of hydrogen-bond donors (Lipinski definition) is 3. The number of benzene rings is 1. The molecule has 0 aromatic heterocycles. The van der Waals surface area contributed by atoms with Gasteiger partial charge in [-0.3, -0.25) is 19.3 Å². The predicted molar refractivity (Wildman–Crippen MR) is 129 cm³/mol. The number of likely N-dealkylation sites (N-methyl/N-ethyl adjacent to an activating group) is 1. The summed E-state index contributed by atoms with van der Waals surface area (Å²) in [5.74, 6) is -0.380. The minimum absolute atomic E-state index is 0.0967. The molecule has 182 valence electrons. The maximum absolute atomic E-state index is 13.5. The zero-order valence-corrected chi connectivity index (χ0v) is 20.7. The lowest BCUT2D eigenvalue weighted by Crippen LogP contribution is -2.61. The average molecular weight is 459 g/mol. The molecule has 8 heteroatoms. The molecule has 2 aliphatic heterocycles. The van der Waals surface area contributed by atoms with Crippen LogP contribution in [0.4, 0.5) is 0 Å². The van der Waals surface area contributed by atoms with Crippen molar-refractivity contribution >= 4 is 23.8 Å². The van der Waals surface area contributed by atoms with E-state index >= 15 is 0 Å². The lowest BCUT2D eigenvalue weighted by Gasteiger charge is -2.33. The van der Waals surface area contributed by atoms with E-state index in [0.29, 0.717) is 12.2 Å². The van der Waals surface area contributed by atoms with Crippen molar-refractivity contribution in [2.24, 2.45) is 11.8 Å². The Morgan fingerprint density at radius 2 is 1.70 bits per heavy atom. The molecule has 0 saturated carbocycles. The van der Waals surface area contributed by atoms with Gasteiger partial charge in [0, 0.05) is 6.20 Å². The van der Waals surface area contributed by atoms with Crippen LogP contribution in [0, 0.1) is 11.8 Å². The maximum atomic E-state index is 13.5. The Kier molecular flexibility index (Phi) is 9.46. The number of hydrogen-bond acceptors (Lipinski definition) is 5. The Bertz CT molecular complexity index is 848. The van der Waals surface area contributed by atoms with Crippen molar-refractivity contribution in [1.82, 2.24) is 20.9 Å². The highest BCUT2D eigenvalue weighted by atomic mass is 16.5. The van der Waals surface area contributed by atoms with Crippen LogP contribution in [0.25, 0.3) is 6.08 Å². The van der Waals surface area contributed by atoms with Crippen molar-refractivity contribution in [3.8, 4) is 5.75 Å². The Morgan fingerprint density at radius 3 is 2.24 bits per heavy atom. The third kappa shape index (κ3) is 7.60. The van der Waals surface area contributed by atoms with E-state index < -0.39 is 30.1 Å². The van der Waals surface area contributed by atoms with Gasteiger partial charge in [0.1, 0.15) is 23.9 Å². The van der Waals surface area contributed by atoms with Crippen LogP contribution in [0.1, 0.15) is 46.6 Å². The standard InChI is InChI=1S/C25H38N4O4/c1-15(2)14-20-24(31)26-13-12-18-8-10-19(11-9-18)33-22(16(3)4)21(25(32)27-20)28-23(30)17(5)29(6)7/h8-13,15-17,20-22H,14H2,1-7H3,(H,26,31)(H,27,32)(H,28,30). The Hall–Kier alpha value is -2.87. The first-order valence-electron chi connectivity index (χ1n) is 11.5. The van der Waals surface area contributed by atoms with E-state index in [1.54, 1.807) is 38.2 Å². The molecule has 3 amide bonds. The minimum atomic E-state index is -0.986. The molecule has 0 aliphatic carbocycles. The number of nitrogens with one attached hydrogen (secondary N) is 3. The summed E-state index contributed by atoms with van der Waals surface area (Å²) in [4.78, 5) is 41.0. The Labute approximate surface area is 197 Å². The first kappa shape index (κ1) is 26.4. The molecule has 3 N–H and O–H groups in total. The fourth-order valence-electron chi connectivity index (χ4n) is 3.49. The monoisotopic (exact) mass is 458 g/mol. The molecule has 4 unspecified atom stereocenters. The summed E-state index contributed by atoms with van der Waals surface area (Å²) < 4.78 is 6.23. The van der Waals surface area contributed by atoms with Gasteiger partial charge in [-0.05, 0) is 63.0 Å². The summed E-state index contributed by atoms with van der Waals surface area (Å²) in [5.41, 5.74) is 0.898. The van der Waals surface area contributed by atoms with E-state index in [2.05, 4.69) is 16.0 Å². The molecule has 1 aromatic carbocycles. The lowest BCUT2D eigenvalue weighted by molar-refractivity contribution is -0.136. The van der Waals surface area contributed by atoms with Gasteiger partial charge in [0.15, 0.2) is 0 Å². The van der Waals surface area contributed by atoms with Gasteiger partial charge in [0.25, 0.3) is 0 Å². The molecule has 0 saturated heterocycles. The summed E-state index contributed by atoms with van der Waals surface area (Å²) >= 11 is 0. The highest BCUT2D eigenvalue weighted by Crippen LogP contribution is 2.21. The minimum Gasteiger partial charge on any atom is -0.487 e. The number of carbonyl (C=O) groups is 3. The quantitative estimate of drug-likeness (QED) is 0.607. The van der Waals surface area contributed by atoms with E-state index in [1.807, 2.05) is 52.0 Å². The van der Waals surface area contributed by atoms with Crippen molar-refractivity contribution in [3.05, 3.63) is 36.0 Å². The molecular weight excluding hydrogens is 420 g/mol. The van der Waals surface area contributed by atoms with Gasteiger partial charge in [-0.2, -0.15) is 0 Å². The summed E-state index contributed by atoms with van der Waals surface area (Å²) in [6.45, 7) is 9.61. The van der Waals surface area contributed by atoms with E-state index in [-0.39, 0.29) is 23.7 Å². The molecular formula is C25H38N4O4. The Balaban J connectivity index is 2.49. The predicted octanol–water partition coefficient (Wildman–Crippen LogP) is 2.16. The van der Waals surface area contributed by atoms with E-state index in [0.717, 1.165) is 5.56 Å². The molecule has 2 aliphatic rings. The zero-order valence-electron chi connectivity index (χ0n) is 20.7. The highest BCUT2D eigenvalue weighted by molar-refractivity contribution is 5.93. The molecule has 2 heterocycles. The Morgan fingerprint density at radius 1 is 1.06 bits per heavy atom. The fraction of sp³-hybridized carbons (Fsp3) is 0.560. The molecule has 8 nitrogen and oxygen atoms in total. The number of amides is 3. The second-order valence-corrected chi connectivity index (χ2v) is 9.55. The van der Waals surface area contributed by atoms with Crippen LogP contribution < -0.4 is 20.7 Å². The normalized spacial score (nSPS) is 22.5. The zero-order chi connectivity index (χ0) is 24.7. The van der Waals surface area contributed by atoms with Crippen LogP contribution in [0.2, 0.25) is 0 Å². The molecule has 3 rings (SSSR count). The molecule has 0 spiro atoms. The van der Waals surface area contributed by atoms with Crippen LogP contribution >= 0.6 is 0 Å². The van der Waals surface area contributed by atoms with Gasteiger partial charge in [-0.1, -0.05) is 39.8 Å². The second kappa shape index (κ2) is 11.8. The molecule has 1 aromatic rings. The number of carbonyl (C=O) groups excluding carboxylic acids is 3. The van der Waals surface area contributed by atoms with Crippen LogP contribution in [0.3, 0.4) is 0 Å². The highest BCUT2D eigenvalue weighted by Gasteiger charge is 2.37. The number of nitrogens with zero attached hydrogens (tertiary/aromatic N) is 1. The van der Waals surface area contributed by atoms with Crippen molar-refractivity contribution in [1.29, 1.82) is 0 Å². The average Bonchev–Trinajstić information content (AvgIpc) is 2.74. The largest absolute Gasteiger partial charge is 0.487 e. The van der Waals surface area contributed by atoms with Gasteiger partial charge in [-0.25, -0.2) is 0 Å². The van der Waals surface area contributed by atoms with Crippen molar-refractivity contribution in [2.45, 2.75) is 65.3 Å². The topological polar surface area (TPSA) is 99.8 Å². The van der Waals surface area contributed by atoms with Crippen molar-refractivity contribution < 1.29 is 19.1 Å². The third-order valence-electron chi connectivity index (χ3n) is 5.71. The summed E-state index contributed by atoms with van der Waals surface area (Å²) in [6.07, 6.45) is 3.17. The third-order valence-corrected chi connectivity index (χ3v) is 5.71. The summed E-state index contributed by atoms with van der Waals surface area (Å²) in [6, 6.07) is 5.18. The van der Waals surface area contributed by atoms with E-state index in [9.17, 15) is 14.4 Å². The van der Waals surface area contributed by atoms with Gasteiger partial charge in [-0.15, -0.1) is 0 Å². The van der Waals surface area contributed by atoms with Crippen molar-refractivity contribution in [3.63, 3.8) is 0 Å². The molecule has 0 fully saturated rings. The molecule has 33 heavy (non-hydrogen) atoms. The van der Waals surface area contributed by atoms with E-state index in [1.165, 1.54) is 0 Å². The lowest BCUT2D eigenvalue weighted by atomic mass is 9.96. The van der Waals surface area contributed by atoms with Gasteiger partial charge < -0.3 is 20.7 Å². The number of fused-ring (bicyclic) bond motifs is 10. The van der Waals surface area contributed by atoms with Gasteiger partial charge in [0.2, 0.25) is 17.7 Å². The van der Waals surface area contributed by atoms with Crippen LogP contribution in [0.5, 0.6) is 5.75 Å². The fourth-order valence-corrected chi connectivity index (χ4v) is 3.49. The first-order chi connectivity index (χ1) is 15.5. The van der Waals surface area contributed by atoms with Gasteiger partial charge >= 0.3 is 0 Å². The molecule has 4 atom stereocenters. The maximum Gasteiger partial charge on any atom is 0.247 e. The summed E-state index contributed by atoms with van der Waals surface area (Å²) in [5, 5.41) is 8.50. The van der Waals surface area contributed by atoms with Crippen LogP contribution in [-0.2, 0) is 14.4 Å². The second-order valence-electron chi connectivity index (χ2n) is 9.55. The van der Waals surface area contributed by atoms with Crippen LogP contribution in [0.15, 0.2) is 30.5 Å². The molecule has 2 bridgehead atoms. The number of rotatable bonds is 6. The van der Waals surface area contributed by atoms with Crippen LogP contribution in [-0.4, -0.2) is 60.9 Å². The first-order valence-corrected chi connectivity index (χ1v) is 11.5. The van der Waals surface area contributed by atoms with Gasteiger partial charge in [0.05, 0.1) is 6.04 Å². The summed E-state index contributed by atoms with van der Waals surface area (Å²) in [7, 11) is 3.60. The number of ether oxygens (including phenoxy) is 1. The van der Waals surface area contributed by atoms with Crippen molar-refractivity contribution in [2.75, 3.05) is 14.1 Å². The molecule has 0 radical (unpaired) electrons. The van der Waals surface area contributed by atoms with E-state index in [4.69, 9.17) is 4.74 Å². The SMILES string of the molecule is CC(C)CC1NC(=O)C(NC(=O)C(C)N(C)C)C(C(C)C)Oc2ccc(cc2)C=CNC1=O. The smallest absolute Gasteiger partial charge is 0.247 e.